The van der Waals surface area contributed by atoms with E-state index in [1.54, 1.807) is 0 Å². The van der Waals surface area contributed by atoms with E-state index in [0.717, 1.165) is 21.2 Å². The van der Waals surface area contributed by atoms with E-state index in [1.807, 2.05) is 0 Å². The predicted molar refractivity (Wildman–Crippen MR) is 97.1 cm³/mol. The Bertz CT molecular complexity index is 1170. The monoisotopic (exact) mass is 430 g/mol. The van der Waals surface area contributed by atoms with Crippen LogP contribution >= 0.6 is 11.6 Å². The Hall–Kier alpha value is -2.73. The molecule has 0 unspecified atom stereocenters. The molecule has 0 N–H and O–H groups in total. The third kappa shape index (κ3) is 3.78. The molecule has 3 rings (SSSR count). The fourth-order valence-corrected chi connectivity index (χ4v) is 3.13. The maximum Gasteiger partial charge on any atom is 0.278 e. The highest BCUT2D eigenvalue weighted by molar-refractivity contribution is 7.92. The molecule has 148 valence electrons. The molecule has 0 aliphatic rings. The summed E-state index contributed by atoms with van der Waals surface area (Å²) in [5, 5.41) is -0.00172. The van der Waals surface area contributed by atoms with E-state index < -0.39 is 34.5 Å². The van der Waals surface area contributed by atoms with Crippen molar-refractivity contribution in [2.24, 2.45) is 0 Å². The van der Waals surface area contributed by atoms with Gasteiger partial charge in [-0.3, -0.25) is 18.7 Å². The van der Waals surface area contributed by atoms with E-state index in [4.69, 9.17) is 11.6 Å². The van der Waals surface area contributed by atoms with Crippen molar-refractivity contribution in [1.29, 1.82) is 0 Å². The van der Waals surface area contributed by atoms with Crippen LogP contribution in [0.25, 0.3) is 11.0 Å². The average molecular weight is 431 g/mol. The van der Waals surface area contributed by atoms with E-state index in [1.165, 1.54) is 25.6 Å². The van der Waals surface area contributed by atoms with Gasteiger partial charge >= 0.3 is 0 Å². The normalized spacial score (nSPS) is 11.9. The molecule has 28 heavy (non-hydrogen) atoms. The van der Waals surface area contributed by atoms with Crippen molar-refractivity contribution in [3.05, 3.63) is 41.3 Å². The molecular weight excluding hydrogens is 418 g/mol. The summed E-state index contributed by atoms with van der Waals surface area (Å²) in [6.07, 6.45) is 1.26. The molecule has 3 heterocycles. The fraction of sp³-hybridized carbons (Fsp3) is 0.267. The first-order valence-electron chi connectivity index (χ1n) is 7.68. The SMILES string of the molecule is CN(c1nccnc1CC(=O)n1c(C(F)F)cc2cnc(Cl)nc21)S(C)(=O)=O. The Balaban J connectivity index is 2.08. The number of hydrogen-bond acceptors (Lipinski definition) is 7. The van der Waals surface area contributed by atoms with Gasteiger partial charge in [0.05, 0.1) is 24.1 Å². The van der Waals surface area contributed by atoms with Crippen LogP contribution in [0.5, 0.6) is 0 Å². The third-order valence-corrected chi connectivity index (χ3v) is 5.23. The van der Waals surface area contributed by atoms with Crippen LogP contribution in [0.15, 0.2) is 24.7 Å². The molecule has 3 aromatic rings. The summed E-state index contributed by atoms with van der Waals surface area (Å²) in [6, 6.07) is 1.09. The van der Waals surface area contributed by atoms with Crippen LogP contribution in [0.2, 0.25) is 5.28 Å². The number of alkyl halides is 2. The van der Waals surface area contributed by atoms with E-state index >= 15 is 0 Å². The molecule has 0 radical (unpaired) electrons. The van der Waals surface area contributed by atoms with Gasteiger partial charge in [0.1, 0.15) is 0 Å². The van der Waals surface area contributed by atoms with Gasteiger partial charge in [0.15, 0.2) is 11.5 Å². The van der Waals surface area contributed by atoms with Gasteiger partial charge in [-0.2, -0.15) is 4.98 Å². The van der Waals surface area contributed by atoms with Crippen molar-refractivity contribution in [1.82, 2.24) is 24.5 Å². The topological polar surface area (TPSA) is 111 Å². The fourth-order valence-electron chi connectivity index (χ4n) is 2.54. The Kier molecular flexibility index (Phi) is 5.26. The van der Waals surface area contributed by atoms with Crippen LogP contribution in [0.1, 0.15) is 22.6 Å². The van der Waals surface area contributed by atoms with Crippen LogP contribution in [-0.2, 0) is 16.4 Å². The summed E-state index contributed by atoms with van der Waals surface area (Å²) in [5.74, 6) is -0.884. The number of fused-ring (bicyclic) bond motifs is 1. The summed E-state index contributed by atoms with van der Waals surface area (Å²) in [7, 11) is -2.43. The molecule has 0 aromatic carbocycles. The van der Waals surface area contributed by atoms with Crippen molar-refractivity contribution in [2.75, 3.05) is 17.6 Å². The number of carbonyl (C=O) groups is 1. The van der Waals surface area contributed by atoms with Gasteiger partial charge in [0.2, 0.25) is 21.2 Å². The lowest BCUT2D eigenvalue weighted by atomic mass is 10.2. The number of hydrogen-bond donors (Lipinski definition) is 0. The van der Waals surface area contributed by atoms with Crippen LogP contribution < -0.4 is 4.31 Å². The second kappa shape index (κ2) is 7.36. The summed E-state index contributed by atoms with van der Waals surface area (Å²) in [6.45, 7) is 0. The largest absolute Gasteiger partial charge is 0.278 e. The first kappa shape index (κ1) is 20.0. The maximum absolute atomic E-state index is 13.5. The van der Waals surface area contributed by atoms with Gasteiger partial charge in [0.25, 0.3) is 6.43 Å². The first-order chi connectivity index (χ1) is 13.1. The van der Waals surface area contributed by atoms with Crippen LogP contribution in [0.3, 0.4) is 0 Å². The average Bonchev–Trinajstić information content (AvgIpc) is 2.99. The van der Waals surface area contributed by atoms with Gasteiger partial charge in [-0.1, -0.05) is 0 Å². The zero-order chi connectivity index (χ0) is 20.6. The molecule has 0 bridgehead atoms. The zero-order valence-electron chi connectivity index (χ0n) is 14.5. The first-order valence-corrected chi connectivity index (χ1v) is 9.91. The zero-order valence-corrected chi connectivity index (χ0v) is 16.1. The van der Waals surface area contributed by atoms with Crippen molar-refractivity contribution in [3.63, 3.8) is 0 Å². The second-order valence-electron chi connectivity index (χ2n) is 5.75. The number of halogens is 3. The highest BCUT2D eigenvalue weighted by Crippen LogP contribution is 2.27. The van der Waals surface area contributed by atoms with Gasteiger partial charge < -0.3 is 0 Å². The predicted octanol–water partition coefficient (Wildman–Crippen LogP) is 2.09. The van der Waals surface area contributed by atoms with Crippen molar-refractivity contribution < 1.29 is 22.0 Å². The maximum atomic E-state index is 13.5. The quantitative estimate of drug-likeness (QED) is 0.570. The van der Waals surface area contributed by atoms with Gasteiger partial charge in [-0.25, -0.2) is 27.2 Å². The Labute approximate surface area is 163 Å². The molecule has 0 amide bonds. The summed E-state index contributed by atoms with van der Waals surface area (Å²) in [4.78, 5) is 28.3. The lowest BCUT2D eigenvalue weighted by Crippen LogP contribution is -2.28. The Morgan fingerprint density at radius 3 is 2.61 bits per heavy atom. The van der Waals surface area contributed by atoms with E-state index in [9.17, 15) is 22.0 Å². The van der Waals surface area contributed by atoms with Gasteiger partial charge in [-0.05, 0) is 17.7 Å². The number of rotatable bonds is 5. The molecule has 0 saturated heterocycles. The van der Waals surface area contributed by atoms with Crippen molar-refractivity contribution in [2.45, 2.75) is 12.8 Å². The van der Waals surface area contributed by atoms with Crippen LogP contribution in [-0.4, -0.2) is 52.1 Å². The lowest BCUT2D eigenvalue weighted by molar-refractivity contribution is 0.0879. The molecule has 13 heteroatoms. The van der Waals surface area contributed by atoms with E-state index in [0.29, 0.717) is 0 Å². The summed E-state index contributed by atoms with van der Waals surface area (Å²) < 4.78 is 52.1. The number of aromatic nitrogens is 5. The number of carbonyl (C=O) groups excluding carboxylic acids is 1. The van der Waals surface area contributed by atoms with Gasteiger partial charge in [-0.15, -0.1) is 0 Å². The van der Waals surface area contributed by atoms with Crippen LogP contribution in [0, 0.1) is 0 Å². The Morgan fingerprint density at radius 1 is 1.29 bits per heavy atom. The molecule has 0 aliphatic heterocycles. The molecule has 9 nitrogen and oxygen atoms in total. The smallest absolute Gasteiger partial charge is 0.274 e. The number of nitrogens with zero attached hydrogens (tertiary/aromatic N) is 6. The van der Waals surface area contributed by atoms with E-state index in [-0.39, 0.29) is 27.8 Å². The molecule has 0 aliphatic carbocycles. The van der Waals surface area contributed by atoms with E-state index in [2.05, 4.69) is 19.9 Å². The third-order valence-electron chi connectivity index (χ3n) is 3.88. The standard InChI is InChI=1S/C15H13ClF2N6O3S/c1-23(28(2,26)27)14-9(19-3-4-20-14)6-11(25)24-10(12(17)18)5-8-7-21-15(16)22-13(8)24/h3-5,7,12H,6H2,1-2H3. The molecule has 0 saturated carbocycles. The minimum absolute atomic E-state index is 0.00245. The molecule has 0 spiro atoms. The van der Waals surface area contributed by atoms with Crippen LogP contribution in [0.4, 0.5) is 14.6 Å². The molecule has 0 fully saturated rings. The minimum atomic E-state index is -3.68. The van der Waals surface area contributed by atoms with Gasteiger partial charge in [0, 0.05) is 31.0 Å². The minimum Gasteiger partial charge on any atom is -0.274 e. The van der Waals surface area contributed by atoms with Crippen molar-refractivity contribution >= 4 is 44.4 Å². The molecule has 0 atom stereocenters. The lowest BCUT2D eigenvalue weighted by Gasteiger charge is -2.18. The Morgan fingerprint density at radius 2 is 1.96 bits per heavy atom. The molecule has 3 aromatic heterocycles. The summed E-state index contributed by atoms with van der Waals surface area (Å²) >= 11 is 5.73. The summed E-state index contributed by atoms with van der Waals surface area (Å²) in [5.41, 5.74) is -0.664. The number of sulfonamides is 1. The second-order valence-corrected chi connectivity index (χ2v) is 8.10. The number of anilines is 1. The highest BCUT2D eigenvalue weighted by atomic mass is 35.5. The van der Waals surface area contributed by atoms with Crippen molar-refractivity contribution in [3.8, 4) is 0 Å². The highest BCUT2D eigenvalue weighted by Gasteiger charge is 2.25. The molecular formula is C15H13ClF2N6O3S.